The molecule has 0 spiro atoms. The van der Waals surface area contributed by atoms with Crippen LogP contribution in [0.5, 0.6) is 0 Å². The monoisotopic (exact) mass is 426 g/mol. The van der Waals surface area contributed by atoms with Gasteiger partial charge in [-0.05, 0) is 56.0 Å². The first-order chi connectivity index (χ1) is 15.3. The summed E-state index contributed by atoms with van der Waals surface area (Å²) in [5, 5.41) is 10.9. The molecule has 2 aromatic heterocycles. The summed E-state index contributed by atoms with van der Waals surface area (Å²) < 4.78 is 2.35. The summed E-state index contributed by atoms with van der Waals surface area (Å²) in [6.45, 7) is 9.74. The molecule has 6 nitrogen and oxygen atoms in total. The number of aromatic nitrogens is 3. The molecule has 0 bridgehead atoms. The fraction of sp³-hybridized carbons (Fsp3) is 0.269. The van der Waals surface area contributed by atoms with Gasteiger partial charge in [-0.2, -0.15) is 0 Å². The topological polar surface area (TPSA) is 71.2 Å². The van der Waals surface area contributed by atoms with Crippen LogP contribution in [0.25, 0.3) is 22.0 Å². The number of nitrogens with zero attached hydrogens (tertiary/aromatic N) is 4. The molecule has 162 valence electrons. The van der Waals surface area contributed by atoms with Crippen LogP contribution < -0.4 is 4.90 Å². The molecule has 0 saturated heterocycles. The Balaban J connectivity index is 1.86. The van der Waals surface area contributed by atoms with E-state index in [2.05, 4.69) is 63.6 Å². The van der Waals surface area contributed by atoms with Gasteiger partial charge in [0.2, 0.25) is 0 Å². The maximum Gasteiger partial charge on any atom is 0.307 e. The molecule has 1 aliphatic rings. The van der Waals surface area contributed by atoms with E-state index in [0.29, 0.717) is 0 Å². The van der Waals surface area contributed by atoms with Crippen molar-refractivity contribution >= 4 is 28.4 Å². The van der Waals surface area contributed by atoms with Gasteiger partial charge in [-0.3, -0.25) is 9.78 Å². The van der Waals surface area contributed by atoms with Gasteiger partial charge in [-0.15, -0.1) is 0 Å². The third kappa shape index (κ3) is 3.14. The minimum absolute atomic E-state index is 0.0321. The van der Waals surface area contributed by atoms with Crippen molar-refractivity contribution in [1.82, 2.24) is 14.5 Å². The molecular weight excluding hydrogens is 400 g/mol. The average molecular weight is 427 g/mol. The molecule has 0 radical (unpaired) electrons. The first kappa shape index (κ1) is 20.2. The van der Waals surface area contributed by atoms with E-state index in [1.54, 1.807) is 12.4 Å². The Labute approximate surface area is 187 Å². The van der Waals surface area contributed by atoms with Crippen LogP contribution >= 0.6 is 0 Å². The van der Waals surface area contributed by atoms with Crippen molar-refractivity contribution in [3.05, 3.63) is 70.8 Å². The Morgan fingerprint density at radius 3 is 2.44 bits per heavy atom. The van der Waals surface area contributed by atoms with E-state index < -0.39 is 5.97 Å². The molecule has 6 heteroatoms. The van der Waals surface area contributed by atoms with Crippen LogP contribution in [0.4, 0.5) is 11.5 Å². The van der Waals surface area contributed by atoms with Crippen molar-refractivity contribution in [3.63, 3.8) is 0 Å². The molecule has 4 aromatic rings. The van der Waals surface area contributed by atoms with Gasteiger partial charge in [0.15, 0.2) is 5.82 Å². The van der Waals surface area contributed by atoms with Gasteiger partial charge >= 0.3 is 5.97 Å². The number of rotatable bonds is 4. The third-order valence-corrected chi connectivity index (χ3v) is 6.44. The van der Waals surface area contributed by atoms with Crippen molar-refractivity contribution in [2.45, 2.75) is 40.7 Å². The molecule has 3 heterocycles. The normalized spacial score (nSPS) is 13.1. The quantitative estimate of drug-likeness (QED) is 0.491. The van der Waals surface area contributed by atoms with E-state index in [1.165, 1.54) is 11.3 Å². The SMILES string of the molecule is Cc1ccc(-c2c(CC(=O)O)c(C)c3c4c2cc(C)n4CCN3c2cnc(C)cn2)cc1. The summed E-state index contributed by atoms with van der Waals surface area (Å²) in [7, 11) is 0. The summed E-state index contributed by atoms with van der Waals surface area (Å²) in [5.41, 5.74) is 9.29. The number of aliphatic carboxylic acids is 1. The molecule has 2 aromatic carbocycles. The lowest BCUT2D eigenvalue weighted by molar-refractivity contribution is -0.136. The molecule has 32 heavy (non-hydrogen) atoms. The van der Waals surface area contributed by atoms with E-state index in [-0.39, 0.29) is 6.42 Å². The second-order valence-corrected chi connectivity index (χ2v) is 8.63. The Kier molecular flexibility index (Phi) is 4.73. The lowest BCUT2D eigenvalue weighted by atomic mass is 9.88. The summed E-state index contributed by atoms with van der Waals surface area (Å²) in [5.74, 6) is -0.0453. The highest BCUT2D eigenvalue weighted by molar-refractivity contribution is 6.08. The van der Waals surface area contributed by atoms with E-state index in [9.17, 15) is 9.90 Å². The molecule has 0 atom stereocenters. The van der Waals surface area contributed by atoms with Crippen LogP contribution in [0, 0.1) is 27.7 Å². The van der Waals surface area contributed by atoms with Crippen molar-refractivity contribution in [1.29, 1.82) is 0 Å². The summed E-state index contributed by atoms with van der Waals surface area (Å²) in [6.07, 6.45) is 3.55. The second kappa shape index (κ2) is 7.48. The van der Waals surface area contributed by atoms with Gasteiger partial charge in [0, 0.05) is 24.2 Å². The lowest BCUT2D eigenvalue weighted by Crippen LogP contribution is -2.29. The molecule has 0 unspecified atom stereocenters. The molecule has 1 aliphatic heterocycles. The second-order valence-electron chi connectivity index (χ2n) is 8.63. The minimum Gasteiger partial charge on any atom is -0.481 e. The van der Waals surface area contributed by atoms with Crippen LogP contribution in [0.1, 0.15) is 28.1 Å². The Bertz CT molecular complexity index is 1350. The van der Waals surface area contributed by atoms with Crippen LogP contribution in [-0.2, 0) is 17.8 Å². The Hall–Kier alpha value is -3.67. The third-order valence-electron chi connectivity index (χ3n) is 6.44. The fourth-order valence-electron chi connectivity index (χ4n) is 4.90. The number of carboxylic acids is 1. The van der Waals surface area contributed by atoms with Crippen molar-refractivity contribution < 1.29 is 9.90 Å². The van der Waals surface area contributed by atoms with Gasteiger partial charge in [0.25, 0.3) is 0 Å². The number of hydrogen-bond donors (Lipinski definition) is 1. The highest BCUT2D eigenvalue weighted by Gasteiger charge is 2.30. The predicted octanol–water partition coefficient (Wildman–Crippen LogP) is 5.11. The number of anilines is 2. The van der Waals surface area contributed by atoms with E-state index in [4.69, 9.17) is 0 Å². The van der Waals surface area contributed by atoms with E-state index in [0.717, 1.165) is 63.4 Å². The molecule has 1 N–H and O–H groups in total. The minimum atomic E-state index is -0.832. The summed E-state index contributed by atoms with van der Waals surface area (Å²) >= 11 is 0. The molecule has 0 aliphatic carbocycles. The van der Waals surface area contributed by atoms with Crippen LogP contribution in [0.3, 0.4) is 0 Å². The van der Waals surface area contributed by atoms with Crippen molar-refractivity contribution in [2.24, 2.45) is 0 Å². The van der Waals surface area contributed by atoms with Crippen LogP contribution in [0.2, 0.25) is 0 Å². The molecule has 5 rings (SSSR count). The Morgan fingerprint density at radius 1 is 1.03 bits per heavy atom. The summed E-state index contributed by atoms with van der Waals surface area (Å²) in [6, 6.07) is 10.5. The Morgan fingerprint density at radius 2 is 1.78 bits per heavy atom. The zero-order valence-electron chi connectivity index (χ0n) is 18.8. The largest absolute Gasteiger partial charge is 0.481 e. The van der Waals surface area contributed by atoms with Crippen molar-refractivity contribution in [3.8, 4) is 11.1 Å². The maximum absolute atomic E-state index is 11.9. The van der Waals surface area contributed by atoms with Crippen molar-refractivity contribution in [2.75, 3.05) is 11.4 Å². The van der Waals surface area contributed by atoms with Gasteiger partial charge < -0.3 is 14.6 Å². The summed E-state index contributed by atoms with van der Waals surface area (Å²) in [4.78, 5) is 23.2. The molecule has 0 saturated carbocycles. The number of aryl methyl sites for hydroxylation is 3. The number of carbonyl (C=O) groups is 1. The highest BCUT2D eigenvalue weighted by atomic mass is 16.4. The predicted molar refractivity (Wildman–Crippen MR) is 127 cm³/mol. The maximum atomic E-state index is 11.9. The lowest BCUT2D eigenvalue weighted by Gasteiger charge is -2.33. The van der Waals surface area contributed by atoms with E-state index >= 15 is 0 Å². The molecule has 0 fully saturated rings. The van der Waals surface area contributed by atoms with E-state index in [1.807, 2.05) is 13.8 Å². The number of carboxylic acid groups (broad SMARTS) is 1. The number of hydrogen-bond acceptors (Lipinski definition) is 4. The van der Waals surface area contributed by atoms with Crippen LogP contribution in [-0.4, -0.2) is 32.2 Å². The van der Waals surface area contributed by atoms with Gasteiger partial charge in [-0.1, -0.05) is 29.8 Å². The van der Waals surface area contributed by atoms with Gasteiger partial charge in [-0.25, -0.2) is 4.98 Å². The average Bonchev–Trinajstić information content (AvgIpc) is 3.10. The first-order valence-electron chi connectivity index (χ1n) is 10.9. The molecular formula is C26H26N4O2. The zero-order chi connectivity index (χ0) is 22.6. The number of benzene rings is 2. The first-order valence-corrected chi connectivity index (χ1v) is 10.9. The highest BCUT2D eigenvalue weighted by Crippen LogP contribution is 2.46. The zero-order valence-corrected chi connectivity index (χ0v) is 18.8. The van der Waals surface area contributed by atoms with Gasteiger partial charge in [0.1, 0.15) is 0 Å². The van der Waals surface area contributed by atoms with Crippen LogP contribution in [0.15, 0.2) is 42.7 Å². The smallest absolute Gasteiger partial charge is 0.307 e. The molecule has 0 amide bonds. The van der Waals surface area contributed by atoms with Gasteiger partial charge in [0.05, 0.1) is 35.7 Å². The standard InChI is InChI=1S/C26H26N4O2/c1-15-5-7-19(8-6-15)24-20(12-23(31)32)18(4)25-26-21(24)11-17(3)29(26)9-10-30(25)22-14-27-16(2)13-28-22/h5-8,11,13-14H,9-10,12H2,1-4H3,(H,31,32). The fourth-order valence-corrected chi connectivity index (χ4v) is 4.90.